The molecule has 0 heterocycles. The highest BCUT2D eigenvalue weighted by molar-refractivity contribution is 5.88. The van der Waals surface area contributed by atoms with Crippen LogP contribution in [-0.4, -0.2) is 43.0 Å². The van der Waals surface area contributed by atoms with Crippen molar-refractivity contribution in [2.45, 2.75) is 39.7 Å². The quantitative estimate of drug-likeness (QED) is 0.724. The molecule has 0 fully saturated rings. The van der Waals surface area contributed by atoms with Crippen LogP contribution in [-0.2, 0) is 16.0 Å². The molecule has 150 valence electrons. The van der Waals surface area contributed by atoms with Gasteiger partial charge in [-0.3, -0.25) is 9.59 Å². The summed E-state index contributed by atoms with van der Waals surface area (Å²) in [5.74, 6) is 0.354. The molecule has 2 amide bonds. The molecular formula is C23H30N2O3. The van der Waals surface area contributed by atoms with Gasteiger partial charge >= 0.3 is 0 Å². The summed E-state index contributed by atoms with van der Waals surface area (Å²) in [7, 11) is 1.59. The van der Waals surface area contributed by atoms with Crippen molar-refractivity contribution in [1.82, 2.24) is 10.2 Å². The number of amides is 2. The van der Waals surface area contributed by atoms with Crippen molar-refractivity contribution in [2.24, 2.45) is 0 Å². The first-order valence-electron chi connectivity index (χ1n) is 9.71. The maximum Gasteiger partial charge on any atom is 0.261 e. The summed E-state index contributed by atoms with van der Waals surface area (Å²) in [4.78, 5) is 26.9. The van der Waals surface area contributed by atoms with Crippen molar-refractivity contribution in [1.29, 1.82) is 0 Å². The zero-order valence-corrected chi connectivity index (χ0v) is 17.2. The molecule has 0 aliphatic rings. The van der Waals surface area contributed by atoms with E-state index in [1.165, 1.54) is 0 Å². The van der Waals surface area contributed by atoms with Gasteiger partial charge in [-0.25, -0.2) is 0 Å². The van der Waals surface area contributed by atoms with E-state index >= 15 is 0 Å². The van der Waals surface area contributed by atoms with E-state index in [1.54, 1.807) is 11.9 Å². The molecule has 0 aromatic heterocycles. The van der Waals surface area contributed by atoms with Gasteiger partial charge in [0.05, 0.1) is 0 Å². The van der Waals surface area contributed by atoms with Crippen LogP contribution in [0.4, 0.5) is 0 Å². The minimum absolute atomic E-state index is 0.0907. The second-order valence-electron chi connectivity index (χ2n) is 6.85. The summed E-state index contributed by atoms with van der Waals surface area (Å²) in [5.41, 5.74) is 3.26. The lowest BCUT2D eigenvalue weighted by atomic mass is 10.1. The van der Waals surface area contributed by atoms with Gasteiger partial charge < -0.3 is 15.0 Å². The number of hydrogen-bond donors (Lipinski definition) is 1. The Labute approximate surface area is 167 Å². The molecule has 0 bridgehead atoms. The summed E-state index contributed by atoms with van der Waals surface area (Å²) in [6.07, 6.45) is 1.23. The van der Waals surface area contributed by atoms with Crippen LogP contribution in [0.15, 0.2) is 48.5 Å². The number of nitrogens with one attached hydrogen (secondary N) is 1. The number of rotatable bonds is 9. The average Bonchev–Trinajstić information content (AvgIpc) is 2.72. The number of ether oxygens (including phenoxy) is 1. The molecule has 0 aliphatic heterocycles. The predicted molar refractivity (Wildman–Crippen MR) is 111 cm³/mol. The summed E-state index contributed by atoms with van der Waals surface area (Å²) >= 11 is 0. The number of aryl methyl sites for hydroxylation is 1. The Kier molecular flexibility index (Phi) is 8.05. The van der Waals surface area contributed by atoms with Crippen molar-refractivity contribution >= 4 is 11.8 Å². The molecule has 1 atom stereocenters. The van der Waals surface area contributed by atoms with Gasteiger partial charge in [-0.15, -0.1) is 0 Å². The molecule has 0 saturated heterocycles. The van der Waals surface area contributed by atoms with Crippen LogP contribution in [0.2, 0.25) is 0 Å². The Bertz CT molecular complexity index is 790. The topological polar surface area (TPSA) is 58.6 Å². The van der Waals surface area contributed by atoms with Crippen molar-refractivity contribution in [3.63, 3.8) is 0 Å². The van der Waals surface area contributed by atoms with Gasteiger partial charge in [0.25, 0.3) is 5.91 Å². The number of carbonyl (C=O) groups is 2. The molecule has 0 spiro atoms. The maximum absolute atomic E-state index is 13.0. The smallest absolute Gasteiger partial charge is 0.261 e. The van der Waals surface area contributed by atoms with Gasteiger partial charge in [0, 0.05) is 13.6 Å². The summed E-state index contributed by atoms with van der Waals surface area (Å²) in [6, 6.07) is 15.2. The van der Waals surface area contributed by atoms with E-state index in [0.717, 1.165) is 16.7 Å². The summed E-state index contributed by atoms with van der Waals surface area (Å²) < 4.78 is 5.80. The maximum atomic E-state index is 13.0. The normalized spacial score (nSPS) is 11.6. The average molecular weight is 383 g/mol. The molecule has 1 N–H and O–H groups in total. The molecule has 0 aliphatic carbocycles. The van der Waals surface area contributed by atoms with Crippen LogP contribution < -0.4 is 10.1 Å². The van der Waals surface area contributed by atoms with Gasteiger partial charge in [-0.2, -0.15) is 0 Å². The van der Waals surface area contributed by atoms with Gasteiger partial charge in [-0.05, 0) is 49.4 Å². The molecular weight excluding hydrogens is 352 g/mol. The van der Waals surface area contributed by atoms with Gasteiger partial charge in [0.2, 0.25) is 5.91 Å². The first-order valence-corrected chi connectivity index (χ1v) is 9.71. The lowest BCUT2D eigenvalue weighted by molar-refractivity contribution is -0.142. The molecule has 2 aromatic rings. The monoisotopic (exact) mass is 382 g/mol. The van der Waals surface area contributed by atoms with Crippen molar-refractivity contribution in [3.8, 4) is 5.75 Å². The third-order valence-electron chi connectivity index (χ3n) is 5.02. The van der Waals surface area contributed by atoms with Crippen molar-refractivity contribution in [3.05, 3.63) is 65.2 Å². The molecule has 2 rings (SSSR count). The highest BCUT2D eigenvalue weighted by Gasteiger charge is 2.28. The van der Waals surface area contributed by atoms with E-state index in [-0.39, 0.29) is 18.4 Å². The second kappa shape index (κ2) is 10.5. The van der Waals surface area contributed by atoms with Crippen LogP contribution >= 0.6 is 0 Å². The Hall–Kier alpha value is -2.82. The van der Waals surface area contributed by atoms with Crippen LogP contribution in [0, 0.1) is 13.8 Å². The van der Waals surface area contributed by atoms with Gasteiger partial charge in [-0.1, -0.05) is 49.4 Å². The first-order chi connectivity index (χ1) is 13.5. The molecule has 5 heteroatoms. The molecule has 0 radical (unpaired) electrons. The van der Waals surface area contributed by atoms with E-state index in [1.807, 2.05) is 69.3 Å². The van der Waals surface area contributed by atoms with Gasteiger partial charge in [0.1, 0.15) is 11.8 Å². The Morgan fingerprint density at radius 1 is 1.07 bits per heavy atom. The Morgan fingerprint density at radius 2 is 1.79 bits per heavy atom. The number of nitrogens with zero attached hydrogens (tertiary/aromatic N) is 1. The van der Waals surface area contributed by atoms with E-state index in [2.05, 4.69) is 5.32 Å². The summed E-state index contributed by atoms with van der Waals surface area (Å²) in [6.45, 7) is 6.27. The molecule has 28 heavy (non-hydrogen) atoms. The molecule has 5 nitrogen and oxygen atoms in total. The summed E-state index contributed by atoms with van der Waals surface area (Å²) in [5, 5.41) is 2.67. The zero-order valence-electron chi connectivity index (χ0n) is 17.2. The van der Waals surface area contributed by atoms with Crippen molar-refractivity contribution < 1.29 is 14.3 Å². The number of likely N-dealkylation sites (N-methyl/N-ethyl adjacent to an activating group) is 1. The number of benzene rings is 2. The highest BCUT2D eigenvalue weighted by atomic mass is 16.5. The SMILES string of the molecule is CC[C@H](C(=O)NC)N(CCc1ccccc1)C(=O)COc1cccc(C)c1C. The third kappa shape index (κ3) is 5.59. The Morgan fingerprint density at radius 3 is 2.43 bits per heavy atom. The zero-order chi connectivity index (χ0) is 20.5. The molecule has 0 saturated carbocycles. The van der Waals surface area contributed by atoms with Gasteiger partial charge in [0.15, 0.2) is 6.61 Å². The predicted octanol–water partition coefficient (Wildman–Crippen LogP) is 3.28. The standard InChI is InChI=1S/C23H30N2O3/c1-5-20(23(27)24-4)25(15-14-19-11-7-6-8-12-19)22(26)16-28-21-13-9-10-17(2)18(21)3/h6-13,20H,5,14-16H2,1-4H3,(H,24,27)/t20-/m1/s1. The fourth-order valence-corrected chi connectivity index (χ4v) is 3.17. The van der Waals surface area contributed by atoms with Crippen LogP contribution in [0.1, 0.15) is 30.0 Å². The van der Waals surface area contributed by atoms with Crippen LogP contribution in [0.3, 0.4) is 0 Å². The van der Waals surface area contributed by atoms with E-state index in [0.29, 0.717) is 25.1 Å². The number of hydrogen-bond acceptors (Lipinski definition) is 3. The van der Waals surface area contributed by atoms with Crippen molar-refractivity contribution in [2.75, 3.05) is 20.2 Å². The highest BCUT2D eigenvalue weighted by Crippen LogP contribution is 2.20. The third-order valence-corrected chi connectivity index (χ3v) is 5.02. The molecule has 2 aromatic carbocycles. The lowest BCUT2D eigenvalue weighted by Gasteiger charge is -2.30. The lowest BCUT2D eigenvalue weighted by Crippen LogP contribution is -2.50. The fourth-order valence-electron chi connectivity index (χ4n) is 3.17. The van der Waals surface area contributed by atoms with E-state index in [4.69, 9.17) is 4.74 Å². The fraction of sp³-hybridized carbons (Fsp3) is 0.391. The first kappa shape index (κ1) is 21.5. The van der Waals surface area contributed by atoms with Crippen LogP contribution in [0.25, 0.3) is 0 Å². The molecule has 0 unspecified atom stereocenters. The van der Waals surface area contributed by atoms with E-state index < -0.39 is 6.04 Å². The number of carbonyl (C=O) groups excluding carboxylic acids is 2. The largest absolute Gasteiger partial charge is 0.483 e. The Balaban J connectivity index is 2.12. The minimum atomic E-state index is -0.511. The van der Waals surface area contributed by atoms with E-state index in [9.17, 15) is 9.59 Å². The van der Waals surface area contributed by atoms with Crippen LogP contribution in [0.5, 0.6) is 5.75 Å². The second-order valence-corrected chi connectivity index (χ2v) is 6.85. The minimum Gasteiger partial charge on any atom is -0.483 e.